The van der Waals surface area contributed by atoms with Crippen LogP contribution in [0.15, 0.2) is 29.6 Å². The molecule has 1 aromatic rings. The highest BCUT2D eigenvalue weighted by atomic mass is 15.1. The molecule has 0 saturated carbocycles. The summed E-state index contributed by atoms with van der Waals surface area (Å²) in [5.74, 6) is 0. The van der Waals surface area contributed by atoms with Gasteiger partial charge in [-0.25, -0.2) is 0 Å². The van der Waals surface area contributed by atoms with Crippen molar-refractivity contribution in [1.29, 1.82) is 0 Å². The number of rotatable bonds is 7. The molecule has 16 heavy (non-hydrogen) atoms. The van der Waals surface area contributed by atoms with Gasteiger partial charge in [0.2, 0.25) is 0 Å². The molecular weight excluding hydrogens is 202 g/mol. The quantitative estimate of drug-likeness (QED) is 0.305. The first-order chi connectivity index (χ1) is 7.83. The molecule has 0 saturated heterocycles. The van der Waals surface area contributed by atoms with E-state index in [1.807, 2.05) is 24.5 Å². The predicted molar refractivity (Wildman–Crippen MR) is 64.1 cm³/mol. The van der Waals surface area contributed by atoms with Crippen molar-refractivity contribution < 1.29 is 0 Å². The van der Waals surface area contributed by atoms with Crippen LogP contribution in [0.2, 0.25) is 0 Å². The van der Waals surface area contributed by atoms with Crippen molar-refractivity contribution in [3.8, 4) is 0 Å². The van der Waals surface area contributed by atoms with Crippen LogP contribution >= 0.6 is 0 Å². The van der Waals surface area contributed by atoms with Gasteiger partial charge in [0.1, 0.15) is 0 Å². The van der Waals surface area contributed by atoms with Crippen LogP contribution in [-0.4, -0.2) is 36.6 Å². The summed E-state index contributed by atoms with van der Waals surface area (Å²) in [6.45, 7) is 2.56. The summed E-state index contributed by atoms with van der Waals surface area (Å²) in [5, 5.41) is 3.51. The van der Waals surface area contributed by atoms with Gasteiger partial charge < -0.3 is 4.90 Å². The van der Waals surface area contributed by atoms with Crippen molar-refractivity contribution in [3.63, 3.8) is 0 Å². The van der Waals surface area contributed by atoms with Gasteiger partial charge in [-0.1, -0.05) is 5.11 Å². The lowest BCUT2D eigenvalue weighted by atomic mass is 10.2. The van der Waals surface area contributed by atoms with Crippen LogP contribution in [0, 0.1) is 0 Å². The van der Waals surface area contributed by atoms with E-state index in [1.165, 1.54) is 5.56 Å². The van der Waals surface area contributed by atoms with Crippen molar-refractivity contribution in [1.82, 2.24) is 9.88 Å². The molecule has 1 aromatic heterocycles. The molecule has 0 aliphatic carbocycles. The Morgan fingerprint density at radius 1 is 1.38 bits per heavy atom. The number of pyridine rings is 1. The third-order valence-electron chi connectivity index (χ3n) is 2.39. The smallest absolute Gasteiger partial charge is 0.0270 e. The highest BCUT2D eigenvalue weighted by molar-refractivity contribution is 5.09. The van der Waals surface area contributed by atoms with Gasteiger partial charge in [-0.3, -0.25) is 4.98 Å². The lowest BCUT2D eigenvalue weighted by molar-refractivity contribution is 0.335. The summed E-state index contributed by atoms with van der Waals surface area (Å²) in [4.78, 5) is 8.95. The maximum absolute atomic E-state index is 8.12. The molecule has 1 heterocycles. The fourth-order valence-corrected chi connectivity index (χ4v) is 1.44. The van der Waals surface area contributed by atoms with Crippen molar-refractivity contribution in [3.05, 3.63) is 40.5 Å². The Labute approximate surface area is 95.7 Å². The third-order valence-corrected chi connectivity index (χ3v) is 2.39. The second-order valence-corrected chi connectivity index (χ2v) is 3.72. The second kappa shape index (κ2) is 7.68. The standard InChI is InChI=1S/C11H17N5/c1-16(9-2-6-14-15-12)10-5-11-3-7-13-8-4-11/h3-4,7-8H,2,5-6,9-10H2,1H3. The molecule has 0 radical (unpaired) electrons. The first-order valence-corrected chi connectivity index (χ1v) is 5.41. The van der Waals surface area contributed by atoms with Gasteiger partial charge in [-0.15, -0.1) is 0 Å². The zero-order valence-corrected chi connectivity index (χ0v) is 9.58. The Kier molecular flexibility index (Phi) is 5.99. The normalized spacial score (nSPS) is 10.1. The molecule has 5 heteroatoms. The molecule has 0 N–H and O–H groups in total. The number of aromatic nitrogens is 1. The Bertz CT molecular complexity index is 331. The van der Waals surface area contributed by atoms with Crippen LogP contribution < -0.4 is 0 Å². The van der Waals surface area contributed by atoms with E-state index < -0.39 is 0 Å². The monoisotopic (exact) mass is 219 g/mol. The average Bonchev–Trinajstić information content (AvgIpc) is 2.33. The highest BCUT2D eigenvalue weighted by Crippen LogP contribution is 1.99. The van der Waals surface area contributed by atoms with Crippen LogP contribution in [0.5, 0.6) is 0 Å². The van der Waals surface area contributed by atoms with Crippen molar-refractivity contribution in [2.24, 2.45) is 5.11 Å². The number of nitrogens with zero attached hydrogens (tertiary/aromatic N) is 5. The van der Waals surface area contributed by atoms with Crippen LogP contribution in [-0.2, 0) is 6.42 Å². The number of hydrogen-bond acceptors (Lipinski definition) is 3. The van der Waals surface area contributed by atoms with Gasteiger partial charge in [0.05, 0.1) is 0 Å². The van der Waals surface area contributed by atoms with Gasteiger partial charge >= 0.3 is 0 Å². The van der Waals surface area contributed by atoms with Gasteiger partial charge in [0.25, 0.3) is 0 Å². The van der Waals surface area contributed by atoms with Crippen LogP contribution in [0.25, 0.3) is 10.4 Å². The first kappa shape index (κ1) is 12.5. The van der Waals surface area contributed by atoms with E-state index in [0.717, 1.165) is 25.9 Å². The fourth-order valence-electron chi connectivity index (χ4n) is 1.44. The predicted octanol–water partition coefficient (Wildman–Crippen LogP) is 2.26. The fraction of sp³-hybridized carbons (Fsp3) is 0.545. The molecule has 86 valence electrons. The summed E-state index contributed by atoms with van der Waals surface area (Å²) in [5.41, 5.74) is 9.43. The highest BCUT2D eigenvalue weighted by Gasteiger charge is 1.98. The molecule has 0 aliphatic heterocycles. The Hall–Kier alpha value is -1.58. The topological polar surface area (TPSA) is 64.9 Å². The molecule has 0 bridgehead atoms. The minimum Gasteiger partial charge on any atom is -0.306 e. The van der Waals surface area contributed by atoms with Crippen LogP contribution in [0.3, 0.4) is 0 Å². The zero-order valence-electron chi connectivity index (χ0n) is 9.58. The summed E-state index contributed by atoms with van der Waals surface area (Å²) >= 11 is 0. The summed E-state index contributed by atoms with van der Waals surface area (Å²) in [6, 6.07) is 4.07. The molecule has 0 amide bonds. The maximum Gasteiger partial charge on any atom is 0.0270 e. The number of hydrogen-bond donors (Lipinski definition) is 0. The summed E-state index contributed by atoms with van der Waals surface area (Å²) in [7, 11) is 2.08. The van der Waals surface area contributed by atoms with E-state index in [4.69, 9.17) is 5.53 Å². The van der Waals surface area contributed by atoms with Crippen molar-refractivity contribution >= 4 is 0 Å². The zero-order chi connectivity index (χ0) is 11.6. The van der Waals surface area contributed by atoms with Crippen LogP contribution in [0.1, 0.15) is 12.0 Å². The van der Waals surface area contributed by atoms with E-state index in [2.05, 4.69) is 27.0 Å². The van der Waals surface area contributed by atoms with Gasteiger partial charge in [0.15, 0.2) is 0 Å². The third kappa shape index (κ3) is 5.34. The Morgan fingerprint density at radius 2 is 2.12 bits per heavy atom. The molecule has 0 aliphatic rings. The second-order valence-electron chi connectivity index (χ2n) is 3.72. The number of azide groups is 1. The average molecular weight is 219 g/mol. The van der Waals surface area contributed by atoms with Crippen molar-refractivity contribution in [2.45, 2.75) is 12.8 Å². The van der Waals surface area contributed by atoms with Gasteiger partial charge in [-0.2, -0.15) is 0 Å². The molecule has 0 aromatic carbocycles. The Morgan fingerprint density at radius 3 is 2.81 bits per heavy atom. The van der Waals surface area contributed by atoms with Gasteiger partial charge in [-0.05, 0) is 49.7 Å². The van der Waals surface area contributed by atoms with E-state index in [9.17, 15) is 0 Å². The molecule has 0 unspecified atom stereocenters. The maximum atomic E-state index is 8.12. The SMILES string of the molecule is CN(CCCN=[N+]=[N-])CCc1ccncc1. The van der Waals surface area contributed by atoms with Crippen LogP contribution in [0.4, 0.5) is 0 Å². The molecule has 0 atom stereocenters. The molecule has 1 rings (SSSR count). The lowest BCUT2D eigenvalue weighted by Crippen LogP contribution is -2.22. The molecular formula is C11H17N5. The van der Waals surface area contributed by atoms with E-state index in [0.29, 0.717) is 6.54 Å². The minimum absolute atomic E-state index is 0.579. The van der Waals surface area contributed by atoms with E-state index >= 15 is 0 Å². The molecule has 5 nitrogen and oxygen atoms in total. The van der Waals surface area contributed by atoms with E-state index in [-0.39, 0.29) is 0 Å². The Balaban J connectivity index is 2.15. The molecule has 0 fully saturated rings. The minimum atomic E-state index is 0.579. The van der Waals surface area contributed by atoms with Gasteiger partial charge in [0, 0.05) is 30.4 Å². The summed E-state index contributed by atoms with van der Waals surface area (Å²) < 4.78 is 0. The lowest BCUT2D eigenvalue weighted by Gasteiger charge is -2.15. The van der Waals surface area contributed by atoms with Crippen molar-refractivity contribution in [2.75, 3.05) is 26.7 Å². The first-order valence-electron chi connectivity index (χ1n) is 5.41. The largest absolute Gasteiger partial charge is 0.306 e. The van der Waals surface area contributed by atoms with E-state index in [1.54, 1.807) is 0 Å². The number of likely N-dealkylation sites (N-methyl/N-ethyl adjacent to an activating group) is 1. The molecule has 0 spiro atoms. The summed E-state index contributed by atoms with van der Waals surface area (Å²) in [6.07, 6.45) is 5.57.